The van der Waals surface area contributed by atoms with Crippen LogP contribution in [-0.2, 0) is 18.6 Å². The van der Waals surface area contributed by atoms with E-state index in [9.17, 15) is 19.6 Å². The van der Waals surface area contributed by atoms with Gasteiger partial charge in [-0.25, -0.2) is 4.57 Å². The van der Waals surface area contributed by atoms with Crippen LogP contribution in [0.25, 0.3) is 0 Å². The smallest absolute Gasteiger partial charge is 0.388 e. The molecule has 12 heteroatoms. The van der Waals surface area contributed by atoms with Gasteiger partial charge in [0.25, 0.3) is 5.91 Å². The van der Waals surface area contributed by atoms with Crippen molar-refractivity contribution in [2.24, 2.45) is 16.6 Å². The van der Waals surface area contributed by atoms with Crippen LogP contribution in [0.15, 0.2) is 17.3 Å². The summed E-state index contributed by atoms with van der Waals surface area (Å²) in [7, 11) is -2.99. The first kappa shape index (κ1) is 30.2. The highest BCUT2D eigenvalue weighted by atomic mass is 31.2. The minimum absolute atomic E-state index is 0.0457. The molecule has 6 N–H and O–H groups in total. The van der Waals surface area contributed by atoms with Gasteiger partial charge in [-0.15, -0.1) is 0 Å². The lowest BCUT2D eigenvalue weighted by atomic mass is 9.83. The molecule has 1 aliphatic carbocycles. The van der Waals surface area contributed by atoms with Crippen LogP contribution in [0.3, 0.4) is 0 Å². The van der Waals surface area contributed by atoms with Gasteiger partial charge in [0.15, 0.2) is 0 Å². The molecule has 0 aromatic rings. The fourth-order valence-corrected chi connectivity index (χ4v) is 6.19. The quantitative estimate of drug-likeness (QED) is 0.332. The number of rotatable bonds is 4. The molecule has 0 aromatic carbocycles. The van der Waals surface area contributed by atoms with Crippen molar-refractivity contribution in [3.63, 3.8) is 0 Å². The van der Waals surface area contributed by atoms with Crippen molar-refractivity contribution in [3.8, 4) is 0 Å². The summed E-state index contributed by atoms with van der Waals surface area (Å²) in [5.74, 6) is 0.262. The van der Waals surface area contributed by atoms with Gasteiger partial charge in [0.05, 0.1) is 12.7 Å². The first-order valence-electron chi connectivity index (χ1n) is 13.5. The number of carbonyl (C=O) groups excluding carboxylic acids is 1. The second-order valence-electron chi connectivity index (χ2n) is 10.7. The summed E-state index contributed by atoms with van der Waals surface area (Å²) in [6.07, 6.45) is 10.8. The number of aliphatic imine (C=N–C) groups is 1. The normalized spacial score (nSPS) is 35.6. The van der Waals surface area contributed by atoms with Gasteiger partial charge < -0.3 is 35.4 Å². The van der Waals surface area contributed by atoms with Crippen molar-refractivity contribution in [1.29, 1.82) is 0 Å². The molecule has 0 bridgehead atoms. The molecular weight excluding hydrogens is 501 g/mol. The van der Waals surface area contributed by atoms with Crippen LogP contribution in [0.1, 0.15) is 83.5 Å². The zero-order valence-corrected chi connectivity index (χ0v) is 22.7. The van der Waals surface area contributed by atoms with Gasteiger partial charge in [0.2, 0.25) is 0 Å². The average molecular weight is 546 g/mol. The molecule has 37 heavy (non-hydrogen) atoms. The summed E-state index contributed by atoms with van der Waals surface area (Å²) in [4.78, 5) is 37.6. The second-order valence-corrected chi connectivity index (χ2v) is 12.0. The number of aliphatic hydroxyl groups excluding tert-OH is 2. The molecule has 212 valence electrons. The number of phosphoric acid groups is 1. The molecule has 1 saturated heterocycles. The maximum atomic E-state index is 13.3. The number of hydrogen-bond donors (Lipinski definition) is 5. The highest BCUT2D eigenvalue weighted by Gasteiger charge is 2.46. The van der Waals surface area contributed by atoms with Crippen molar-refractivity contribution in [3.05, 3.63) is 12.3 Å². The van der Waals surface area contributed by atoms with E-state index in [1.807, 2.05) is 0 Å². The average Bonchev–Trinajstić information content (AvgIpc) is 3.06. The highest BCUT2D eigenvalue weighted by Crippen LogP contribution is 2.39. The van der Waals surface area contributed by atoms with Crippen LogP contribution >= 0.6 is 7.82 Å². The summed E-state index contributed by atoms with van der Waals surface area (Å²) >= 11 is 0. The number of nitrogens with zero attached hydrogens (tertiary/aromatic N) is 2. The molecule has 3 aliphatic rings. The van der Waals surface area contributed by atoms with Crippen LogP contribution in [0.2, 0.25) is 0 Å². The number of likely N-dealkylation sites (N-methyl/N-ethyl adjacent to an activating group) is 1. The molecule has 6 atom stereocenters. The third-order valence-corrected chi connectivity index (χ3v) is 8.37. The Bertz CT molecular complexity index is 865. The number of aliphatic hydroxyl groups is 2. The first-order chi connectivity index (χ1) is 17.5. The van der Waals surface area contributed by atoms with Gasteiger partial charge in [0.1, 0.15) is 29.7 Å². The predicted octanol–water partition coefficient (Wildman–Crippen LogP) is 2.37. The standard InChI is InChI=1S/C25H44N3O8P/c1-28-16-13-20(26)27-25(24(28)31)14-9-6-4-2-3-5-7-11-18(12-8-10-15-25)23-22(30)21(29)19(36-23)17-35-37(32,33)34/h13,16,18-19,21-23,29-30H,2-12,14-15,17H2,1H3,(H2,26,27)(H2,32,33,34). The first-order valence-corrected chi connectivity index (χ1v) is 15.1. The Morgan fingerprint density at radius 1 is 1.05 bits per heavy atom. The van der Waals surface area contributed by atoms with Gasteiger partial charge in [0, 0.05) is 13.2 Å². The lowest BCUT2D eigenvalue weighted by Gasteiger charge is -2.31. The maximum absolute atomic E-state index is 13.3. The molecule has 0 radical (unpaired) electrons. The molecule has 11 nitrogen and oxygen atoms in total. The minimum Gasteiger partial charge on any atom is -0.388 e. The Balaban J connectivity index is 1.70. The lowest BCUT2D eigenvalue weighted by molar-refractivity contribution is -0.133. The Morgan fingerprint density at radius 2 is 1.62 bits per heavy atom. The number of phosphoric ester groups is 1. The van der Waals surface area contributed by atoms with E-state index in [4.69, 9.17) is 25.2 Å². The van der Waals surface area contributed by atoms with Crippen LogP contribution < -0.4 is 5.73 Å². The fourth-order valence-electron chi connectivity index (χ4n) is 5.85. The Hall–Kier alpha value is -1.33. The Kier molecular flexibility index (Phi) is 11.1. The van der Waals surface area contributed by atoms with Crippen LogP contribution in [-0.4, -0.2) is 80.3 Å². The molecule has 2 heterocycles. The zero-order valence-electron chi connectivity index (χ0n) is 21.8. The Morgan fingerprint density at radius 3 is 2.27 bits per heavy atom. The molecule has 0 aromatic heterocycles. The number of amidine groups is 1. The van der Waals surface area contributed by atoms with Crippen LogP contribution in [0.5, 0.6) is 0 Å². The third-order valence-electron chi connectivity index (χ3n) is 7.88. The number of carbonyl (C=O) groups is 1. The summed E-state index contributed by atoms with van der Waals surface area (Å²) in [6.45, 7) is -0.503. The van der Waals surface area contributed by atoms with Gasteiger partial charge in [-0.2, -0.15) is 0 Å². The molecule has 1 spiro atoms. The zero-order chi connectivity index (χ0) is 27.1. The van der Waals surface area contributed by atoms with Crippen molar-refractivity contribution in [2.45, 2.75) is 113 Å². The topological polar surface area (TPSA) is 175 Å². The van der Waals surface area contributed by atoms with E-state index < -0.39 is 44.4 Å². The van der Waals surface area contributed by atoms with E-state index in [0.717, 1.165) is 70.6 Å². The third kappa shape index (κ3) is 8.58. The molecule has 2 aliphatic heterocycles. The van der Waals surface area contributed by atoms with Crippen molar-refractivity contribution >= 4 is 19.6 Å². The van der Waals surface area contributed by atoms with E-state index in [-0.39, 0.29) is 11.8 Å². The van der Waals surface area contributed by atoms with Gasteiger partial charge in [-0.05, 0) is 37.7 Å². The Labute approximate surface area is 219 Å². The number of ether oxygens (including phenoxy) is 1. The minimum atomic E-state index is -4.72. The molecule has 2 fully saturated rings. The van der Waals surface area contributed by atoms with E-state index in [2.05, 4.69) is 4.52 Å². The molecule has 6 unspecified atom stereocenters. The summed E-state index contributed by atoms with van der Waals surface area (Å²) in [6, 6.07) is 0. The number of nitrogens with two attached hydrogens (primary N) is 1. The largest absolute Gasteiger partial charge is 0.469 e. The van der Waals surface area contributed by atoms with Crippen LogP contribution in [0, 0.1) is 5.92 Å². The van der Waals surface area contributed by atoms with E-state index in [1.165, 1.54) is 0 Å². The molecule has 1 saturated carbocycles. The summed E-state index contributed by atoms with van der Waals surface area (Å²) < 4.78 is 21.5. The molecular formula is C25H44N3O8P. The second kappa shape index (κ2) is 13.6. The predicted molar refractivity (Wildman–Crippen MR) is 138 cm³/mol. The SMILES string of the molecule is CN1C=CC(N)=NC2(CCCCCCCCCC(C3OC(COP(=O)(O)O)C(O)C3O)CCCC2)C1=O. The van der Waals surface area contributed by atoms with E-state index in [0.29, 0.717) is 18.7 Å². The summed E-state index contributed by atoms with van der Waals surface area (Å²) in [5.41, 5.74) is 5.22. The van der Waals surface area contributed by atoms with E-state index in [1.54, 1.807) is 24.2 Å². The number of amides is 1. The molecule has 3 rings (SSSR count). The van der Waals surface area contributed by atoms with E-state index >= 15 is 0 Å². The van der Waals surface area contributed by atoms with Gasteiger partial charge in [-0.1, -0.05) is 57.8 Å². The fraction of sp³-hybridized carbons (Fsp3) is 0.840. The lowest BCUT2D eigenvalue weighted by Crippen LogP contribution is -2.44. The number of hydrogen-bond acceptors (Lipinski definition) is 8. The van der Waals surface area contributed by atoms with Crippen molar-refractivity contribution in [1.82, 2.24) is 4.90 Å². The van der Waals surface area contributed by atoms with Gasteiger partial charge in [-0.3, -0.25) is 14.3 Å². The van der Waals surface area contributed by atoms with Crippen LogP contribution in [0.4, 0.5) is 0 Å². The van der Waals surface area contributed by atoms with Crippen molar-refractivity contribution < 1.29 is 38.6 Å². The maximum Gasteiger partial charge on any atom is 0.469 e. The van der Waals surface area contributed by atoms with Gasteiger partial charge >= 0.3 is 7.82 Å². The monoisotopic (exact) mass is 545 g/mol. The van der Waals surface area contributed by atoms with Crippen molar-refractivity contribution in [2.75, 3.05) is 13.7 Å². The summed E-state index contributed by atoms with van der Waals surface area (Å²) in [5, 5.41) is 21.2. The highest BCUT2D eigenvalue weighted by molar-refractivity contribution is 7.46. The molecule has 1 amide bonds.